The first kappa shape index (κ1) is 25.3. The van der Waals surface area contributed by atoms with Gasteiger partial charge in [0.25, 0.3) is 6.29 Å². The summed E-state index contributed by atoms with van der Waals surface area (Å²) in [6.45, 7) is 3.77. The van der Waals surface area contributed by atoms with Gasteiger partial charge in [0.1, 0.15) is 9.71 Å². The highest BCUT2D eigenvalue weighted by Gasteiger charge is 2.30. The predicted octanol–water partition coefficient (Wildman–Crippen LogP) is 5.17. The normalized spacial score (nSPS) is 14.1. The molecule has 3 aromatic heterocycles. The summed E-state index contributed by atoms with van der Waals surface area (Å²) >= 11 is 1.40. The van der Waals surface area contributed by atoms with Crippen molar-refractivity contribution in [1.29, 1.82) is 5.26 Å². The maximum atomic E-state index is 12.8. The summed E-state index contributed by atoms with van der Waals surface area (Å²) < 4.78 is 23.7. The zero-order valence-corrected chi connectivity index (χ0v) is 22.8. The fourth-order valence-corrected chi connectivity index (χ4v) is 5.53. The van der Waals surface area contributed by atoms with Crippen molar-refractivity contribution in [2.75, 3.05) is 25.7 Å². The van der Waals surface area contributed by atoms with Gasteiger partial charge >= 0.3 is 6.09 Å². The number of hydrogen-bond donors (Lipinski definition) is 0. The summed E-state index contributed by atoms with van der Waals surface area (Å²) in [6, 6.07) is 10.9. The minimum absolute atomic E-state index is 0.00542. The first-order valence-electron chi connectivity index (χ1n) is 12.2. The number of fused-ring (bicyclic) bond motifs is 4. The van der Waals surface area contributed by atoms with Gasteiger partial charge in [-0.2, -0.15) is 5.26 Å². The van der Waals surface area contributed by atoms with Crippen LogP contribution < -0.4 is 19.1 Å². The topological polar surface area (TPSA) is 133 Å². The van der Waals surface area contributed by atoms with Crippen LogP contribution in [-0.4, -0.2) is 53.1 Å². The second-order valence-electron chi connectivity index (χ2n) is 9.09. The smallest absolute Gasteiger partial charge is 0.417 e. The molecule has 0 bridgehead atoms. The molecular weight excluding hydrogens is 532 g/mol. The number of thiazole rings is 1. The number of aromatic nitrogens is 4. The first-order chi connectivity index (χ1) is 19.3. The van der Waals surface area contributed by atoms with Crippen molar-refractivity contribution in [3.8, 4) is 34.0 Å². The molecule has 2 aromatic carbocycles. The van der Waals surface area contributed by atoms with Crippen LogP contribution in [0.15, 0.2) is 42.7 Å². The Labute approximate surface area is 232 Å². The SMILES string of the molecule is COc1cnc2c(-c3nc4c(C)cc5c(c4s3)OC[C@@H](OC(=O)N(C)c3ccnc(C)c3)O5)cc(C#N)cc2n1. The molecular formula is C28H22N6O5S. The van der Waals surface area contributed by atoms with Gasteiger partial charge < -0.3 is 18.9 Å². The van der Waals surface area contributed by atoms with Crippen LogP contribution in [0.25, 0.3) is 31.8 Å². The highest BCUT2D eigenvalue weighted by molar-refractivity contribution is 7.22. The van der Waals surface area contributed by atoms with Gasteiger partial charge in [0.2, 0.25) is 5.88 Å². The van der Waals surface area contributed by atoms with Crippen LogP contribution in [0.5, 0.6) is 17.4 Å². The van der Waals surface area contributed by atoms with Gasteiger partial charge in [0.15, 0.2) is 18.1 Å². The average molecular weight is 555 g/mol. The summed E-state index contributed by atoms with van der Waals surface area (Å²) in [6.07, 6.45) is 1.65. The quantitative estimate of drug-likeness (QED) is 0.293. The summed E-state index contributed by atoms with van der Waals surface area (Å²) in [5.41, 5.74) is 5.26. The molecule has 0 saturated carbocycles. The lowest BCUT2D eigenvalue weighted by Crippen LogP contribution is -2.38. The molecule has 6 rings (SSSR count). The Morgan fingerprint density at radius 1 is 1.18 bits per heavy atom. The molecule has 5 aromatic rings. The van der Waals surface area contributed by atoms with E-state index in [2.05, 4.69) is 21.0 Å². The number of benzene rings is 2. The molecule has 0 saturated heterocycles. The predicted molar refractivity (Wildman–Crippen MR) is 148 cm³/mol. The van der Waals surface area contributed by atoms with E-state index < -0.39 is 12.4 Å². The first-order valence-corrected chi connectivity index (χ1v) is 13.0. The molecule has 11 nitrogen and oxygen atoms in total. The standard InChI is InChI=1S/C28H22N6O5S/c1-14-7-20-25(37-13-22(38-20)39-28(35)34(3)17-5-6-30-15(2)8-17)26-23(14)33-27(40-26)18-9-16(11-29)10-19-24(18)31-12-21(32-19)36-4/h5-10,12,22H,13H2,1-4H3/t22-/m1/s1. The Kier molecular flexibility index (Phi) is 6.28. The average Bonchev–Trinajstić information content (AvgIpc) is 3.42. The van der Waals surface area contributed by atoms with Gasteiger partial charge in [-0.1, -0.05) is 0 Å². The Bertz CT molecular complexity index is 1850. The molecule has 1 amide bonds. The molecule has 0 spiro atoms. The lowest BCUT2D eigenvalue weighted by Gasteiger charge is -2.28. The highest BCUT2D eigenvalue weighted by Crippen LogP contribution is 2.46. The minimum Gasteiger partial charge on any atom is -0.480 e. The van der Waals surface area contributed by atoms with Crippen LogP contribution >= 0.6 is 11.3 Å². The van der Waals surface area contributed by atoms with Crippen molar-refractivity contribution in [2.24, 2.45) is 0 Å². The molecule has 40 heavy (non-hydrogen) atoms. The van der Waals surface area contributed by atoms with Gasteiger partial charge in [-0.15, -0.1) is 11.3 Å². The number of hydrogen-bond acceptors (Lipinski definition) is 11. The maximum Gasteiger partial charge on any atom is 0.417 e. The third kappa shape index (κ3) is 4.46. The minimum atomic E-state index is -0.934. The number of pyridine rings is 1. The Morgan fingerprint density at radius 3 is 2.80 bits per heavy atom. The Morgan fingerprint density at radius 2 is 2.02 bits per heavy atom. The molecule has 0 fully saturated rings. The van der Waals surface area contributed by atoms with E-state index in [-0.39, 0.29) is 6.61 Å². The fraction of sp³-hybridized carbons (Fsp3) is 0.214. The van der Waals surface area contributed by atoms with E-state index in [4.69, 9.17) is 23.9 Å². The molecule has 0 N–H and O–H groups in total. The number of rotatable bonds is 4. The van der Waals surface area contributed by atoms with Crippen LogP contribution in [0, 0.1) is 25.2 Å². The molecule has 4 heterocycles. The number of nitrogens with zero attached hydrogens (tertiary/aromatic N) is 6. The van der Waals surface area contributed by atoms with E-state index in [0.29, 0.717) is 50.2 Å². The molecule has 0 aliphatic carbocycles. The third-order valence-corrected chi connectivity index (χ3v) is 7.45. The number of ether oxygens (including phenoxy) is 4. The van der Waals surface area contributed by atoms with Crippen LogP contribution in [-0.2, 0) is 4.74 Å². The zero-order valence-electron chi connectivity index (χ0n) is 22.0. The maximum absolute atomic E-state index is 12.8. The Balaban J connectivity index is 1.32. The highest BCUT2D eigenvalue weighted by atomic mass is 32.1. The second kappa shape index (κ2) is 9.94. The zero-order chi connectivity index (χ0) is 28.0. The number of methoxy groups -OCH3 is 1. The van der Waals surface area contributed by atoms with Gasteiger partial charge in [-0.05, 0) is 49.7 Å². The number of amides is 1. The van der Waals surface area contributed by atoms with Crippen molar-refractivity contribution >= 4 is 44.4 Å². The molecule has 12 heteroatoms. The van der Waals surface area contributed by atoms with Crippen molar-refractivity contribution < 1.29 is 23.7 Å². The van der Waals surface area contributed by atoms with E-state index in [0.717, 1.165) is 21.5 Å². The molecule has 1 aliphatic rings. The van der Waals surface area contributed by atoms with Gasteiger partial charge in [-0.25, -0.2) is 19.7 Å². The van der Waals surface area contributed by atoms with Gasteiger partial charge in [0, 0.05) is 24.5 Å². The molecule has 0 unspecified atom stereocenters. The van der Waals surface area contributed by atoms with Crippen molar-refractivity contribution in [1.82, 2.24) is 19.9 Å². The van der Waals surface area contributed by atoms with Crippen molar-refractivity contribution in [3.63, 3.8) is 0 Å². The van der Waals surface area contributed by atoms with E-state index in [1.54, 1.807) is 37.5 Å². The number of carbonyl (C=O) groups is 1. The monoisotopic (exact) mass is 554 g/mol. The number of nitriles is 1. The second-order valence-corrected chi connectivity index (χ2v) is 10.1. The lowest BCUT2D eigenvalue weighted by molar-refractivity contribution is -0.0717. The lowest BCUT2D eigenvalue weighted by atomic mass is 10.1. The van der Waals surface area contributed by atoms with Crippen LogP contribution in [0.2, 0.25) is 0 Å². The van der Waals surface area contributed by atoms with Crippen molar-refractivity contribution in [3.05, 3.63) is 59.5 Å². The summed E-state index contributed by atoms with van der Waals surface area (Å²) in [4.78, 5) is 32.1. The molecule has 200 valence electrons. The number of carbonyl (C=O) groups excluding carboxylic acids is 1. The largest absolute Gasteiger partial charge is 0.480 e. The summed E-state index contributed by atoms with van der Waals surface area (Å²) in [7, 11) is 3.13. The van der Waals surface area contributed by atoms with E-state index in [1.165, 1.54) is 29.5 Å². The van der Waals surface area contributed by atoms with E-state index >= 15 is 0 Å². The van der Waals surface area contributed by atoms with Gasteiger partial charge in [-0.3, -0.25) is 9.88 Å². The molecule has 1 atom stereocenters. The van der Waals surface area contributed by atoms with Crippen molar-refractivity contribution in [2.45, 2.75) is 20.1 Å². The Hall–Kier alpha value is -5.02. The third-order valence-electron chi connectivity index (χ3n) is 6.37. The van der Waals surface area contributed by atoms with E-state index in [9.17, 15) is 10.1 Å². The number of anilines is 1. The summed E-state index contributed by atoms with van der Waals surface area (Å²) in [5, 5.41) is 10.3. The molecule has 0 radical (unpaired) electrons. The molecule has 1 aliphatic heterocycles. The fourth-order valence-electron chi connectivity index (χ4n) is 4.38. The summed E-state index contributed by atoms with van der Waals surface area (Å²) in [5.74, 6) is 1.32. The van der Waals surface area contributed by atoms with E-state index in [1.807, 2.05) is 19.9 Å². The number of aryl methyl sites for hydroxylation is 2. The van der Waals surface area contributed by atoms with Gasteiger partial charge in [0.05, 0.1) is 47.2 Å². The van der Waals surface area contributed by atoms with Crippen LogP contribution in [0.3, 0.4) is 0 Å². The van der Waals surface area contributed by atoms with Crippen LogP contribution in [0.4, 0.5) is 10.5 Å². The van der Waals surface area contributed by atoms with Crippen LogP contribution in [0.1, 0.15) is 16.8 Å².